The molecule has 1 aliphatic carbocycles. The standard InChI is InChI=1S/C13H19N3O2S/c14-9-7-12(16(8-9)11-1-2-11)13(17)15-10-3-5-19(18)6-4-10/h7-8,10-11H,1-6,14H2,(H,15,17). The van der Waals surface area contributed by atoms with Gasteiger partial charge in [-0.15, -0.1) is 0 Å². The lowest BCUT2D eigenvalue weighted by molar-refractivity contribution is 0.0925. The molecule has 0 spiro atoms. The van der Waals surface area contributed by atoms with E-state index < -0.39 is 10.8 Å². The van der Waals surface area contributed by atoms with Gasteiger partial charge in [0.15, 0.2) is 0 Å². The topological polar surface area (TPSA) is 77.1 Å². The number of nitrogens with two attached hydrogens (primary N) is 1. The first kappa shape index (κ1) is 12.7. The van der Waals surface area contributed by atoms with Gasteiger partial charge in [0.1, 0.15) is 5.69 Å². The van der Waals surface area contributed by atoms with E-state index in [2.05, 4.69) is 5.32 Å². The van der Waals surface area contributed by atoms with Crippen LogP contribution >= 0.6 is 0 Å². The average Bonchev–Trinajstić information content (AvgIpc) is 3.15. The Hall–Kier alpha value is -1.30. The molecule has 2 aliphatic rings. The van der Waals surface area contributed by atoms with Gasteiger partial charge in [-0.2, -0.15) is 0 Å². The average molecular weight is 281 g/mol. The van der Waals surface area contributed by atoms with E-state index in [4.69, 9.17) is 5.73 Å². The molecule has 6 heteroatoms. The summed E-state index contributed by atoms with van der Waals surface area (Å²) in [5, 5.41) is 3.04. The highest BCUT2D eigenvalue weighted by Gasteiger charge is 2.28. The Labute approximate surface area is 115 Å². The molecule has 0 bridgehead atoms. The van der Waals surface area contributed by atoms with Crippen LogP contribution in [0, 0.1) is 0 Å². The van der Waals surface area contributed by atoms with Crippen molar-refractivity contribution >= 4 is 22.4 Å². The largest absolute Gasteiger partial charge is 0.397 e. The van der Waals surface area contributed by atoms with Crippen LogP contribution in [0.5, 0.6) is 0 Å². The summed E-state index contributed by atoms with van der Waals surface area (Å²) in [6.07, 6.45) is 5.70. The Morgan fingerprint density at radius 2 is 2.00 bits per heavy atom. The molecule has 0 radical (unpaired) electrons. The van der Waals surface area contributed by atoms with Gasteiger partial charge in [-0.25, -0.2) is 0 Å². The maximum Gasteiger partial charge on any atom is 0.268 e. The van der Waals surface area contributed by atoms with Crippen molar-refractivity contribution in [2.24, 2.45) is 0 Å². The summed E-state index contributed by atoms with van der Waals surface area (Å²) in [6, 6.07) is 2.33. The van der Waals surface area contributed by atoms with Crippen molar-refractivity contribution in [2.45, 2.75) is 37.8 Å². The predicted molar refractivity (Wildman–Crippen MR) is 75.5 cm³/mol. The van der Waals surface area contributed by atoms with E-state index in [-0.39, 0.29) is 11.9 Å². The molecule has 0 aromatic carbocycles. The number of nitrogens with zero attached hydrogens (tertiary/aromatic N) is 1. The number of nitrogens with one attached hydrogen (secondary N) is 1. The van der Waals surface area contributed by atoms with Crippen LogP contribution in [-0.2, 0) is 10.8 Å². The van der Waals surface area contributed by atoms with Crippen molar-refractivity contribution in [1.82, 2.24) is 9.88 Å². The zero-order valence-corrected chi connectivity index (χ0v) is 11.6. The maximum atomic E-state index is 12.3. The number of aromatic nitrogens is 1. The Kier molecular flexibility index (Phi) is 3.35. The SMILES string of the molecule is Nc1cc(C(=O)NC2CCS(=O)CC2)n(C2CC2)c1. The van der Waals surface area contributed by atoms with Gasteiger partial charge in [0, 0.05) is 40.6 Å². The molecule has 0 unspecified atom stereocenters. The number of carbonyl (C=O) groups excluding carboxylic acids is 1. The van der Waals surface area contributed by atoms with E-state index in [1.807, 2.05) is 10.8 Å². The van der Waals surface area contributed by atoms with E-state index in [0.29, 0.717) is 28.9 Å². The van der Waals surface area contributed by atoms with Crippen molar-refractivity contribution in [3.63, 3.8) is 0 Å². The molecule has 1 aliphatic heterocycles. The molecule has 2 fully saturated rings. The van der Waals surface area contributed by atoms with E-state index in [1.54, 1.807) is 6.07 Å². The Morgan fingerprint density at radius 3 is 2.63 bits per heavy atom. The zero-order chi connectivity index (χ0) is 13.4. The van der Waals surface area contributed by atoms with Crippen LogP contribution in [0.4, 0.5) is 5.69 Å². The van der Waals surface area contributed by atoms with Gasteiger partial charge in [-0.1, -0.05) is 0 Å². The molecule has 3 N–H and O–H groups in total. The van der Waals surface area contributed by atoms with Gasteiger partial charge < -0.3 is 15.6 Å². The third-order valence-electron chi connectivity index (χ3n) is 3.77. The number of hydrogen-bond donors (Lipinski definition) is 2. The third-order valence-corrected chi connectivity index (χ3v) is 5.15. The molecule has 1 amide bonds. The summed E-state index contributed by atoms with van der Waals surface area (Å²) >= 11 is 0. The minimum atomic E-state index is -0.694. The highest BCUT2D eigenvalue weighted by molar-refractivity contribution is 7.85. The molecule has 104 valence electrons. The Morgan fingerprint density at radius 1 is 1.32 bits per heavy atom. The molecular weight excluding hydrogens is 262 g/mol. The van der Waals surface area contributed by atoms with Crippen molar-refractivity contribution in [3.05, 3.63) is 18.0 Å². The van der Waals surface area contributed by atoms with Crippen molar-refractivity contribution in [2.75, 3.05) is 17.2 Å². The lowest BCUT2D eigenvalue weighted by Gasteiger charge is -2.22. The van der Waals surface area contributed by atoms with Crippen LogP contribution in [-0.4, -0.2) is 32.2 Å². The molecule has 1 aromatic heterocycles. The lowest BCUT2D eigenvalue weighted by Crippen LogP contribution is -2.40. The second-order valence-electron chi connectivity index (χ2n) is 5.39. The zero-order valence-electron chi connectivity index (χ0n) is 10.8. The van der Waals surface area contributed by atoms with Crippen LogP contribution in [0.3, 0.4) is 0 Å². The van der Waals surface area contributed by atoms with E-state index in [9.17, 15) is 9.00 Å². The molecule has 3 rings (SSSR count). The fourth-order valence-corrected chi connectivity index (χ4v) is 3.83. The summed E-state index contributed by atoms with van der Waals surface area (Å²) in [5.74, 6) is 1.33. The number of rotatable bonds is 3. The predicted octanol–water partition coefficient (Wildman–Crippen LogP) is 1.05. The van der Waals surface area contributed by atoms with Gasteiger partial charge in [-0.3, -0.25) is 9.00 Å². The highest BCUT2D eigenvalue weighted by atomic mass is 32.2. The summed E-state index contributed by atoms with van der Waals surface area (Å²) in [7, 11) is -0.694. The maximum absolute atomic E-state index is 12.3. The number of amides is 1. The molecule has 1 saturated heterocycles. The van der Waals surface area contributed by atoms with Crippen LogP contribution in [0.1, 0.15) is 42.2 Å². The minimum absolute atomic E-state index is 0.0544. The van der Waals surface area contributed by atoms with Gasteiger partial charge in [0.2, 0.25) is 0 Å². The smallest absolute Gasteiger partial charge is 0.268 e. The number of carbonyl (C=O) groups is 1. The van der Waals surface area contributed by atoms with Crippen LogP contribution in [0.25, 0.3) is 0 Å². The summed E-state index contributed by atoms with van der Waals surface area (Å²) in [4.78, 5) is 12.3. The molecule has 0 atom stereocenters. The van der Waals surface area contributed by atoms with Gasteiger partial charge in [-0.05, 0) is 31.7 Å². The van der Waals surface area contributed by atoms with Crippen LogP contribution in [0.2, 0.25) is 0 Å². The summed E-state index contributed by atoms with van der Waals surface area (Å²) in [6.45, 7) is 0. The van der Waals surface area contributed by atoms with Gasteiger partial charge in [0.05, 0.1) is 5.69 Å². The molecule has 1 saturated carbocycles. The summed E-state index contributed by atoms with van der Waals surface area (Å²) < 4.78 is 13.3. The Bertz CT molecular complexity index is 512. The second kappa shape index (κ2) is 5.00. The minimum Gasteiger partial charge on any atom is -0.397 e. The van der Waals surface area contributed by atoms with Crippen LogP contribution < -0.4 is 11.1 Å². The third kappa shape index (κ3) is 2.83. The highest BCUT2D eigenvalue weighted by Crippen LogP contribution is 2.37. The van der Waals surface area contributed by atoms with Crippen molar-refractivity contribution in [1.29, 1.82) is 0 Å². The van der Waals surface area contributed by atoms with E-state index >= 15 is 0 Å². The van der Waals surface area contributed by atoms with Crippen molar-refractivity contribution < 1.29 is 9.00 Å². The molecule has 19 heavy (non-hydrogen) atoms. The quantitative estimate of drug-likeness (QED) is 0.869. The van der Waals surface area contributed by atoms with Gasteiger partial charge in [0.25, 0.3) is 5.91 Å². The monoisotopic (exact) mass is 281 g/mol. The van der Waals surface area contributed by atoms with Crippen LogP contribution in [0.15, 0.2) is 12.3 Å². The molecule has 2 heterocycles. The van der Waals surface area contributed by atoms with E-state index in [0.717, 1.165) is 25.7 Å². The molecule has 1 aromatic rings. The first-order chi connectivity index (χ1) is 9.13. The second-order valence-corrected chi connectivity index (χ2v) is 7.09. The Balaban J connectivity index is 1.68. The molecule has 5 nitrogen and oxygen atoms in total. The fourth-order valence-electron chi connectivity index (χ4n) is 2.53. The summed E-state index contributed by atoms with van der Waals surface area (Å²) in [5.41, 5.74) is 7.09. The van der Waals surface area contributed by atoms with Gasteiger partial charge >= 0.3 is 0 Å². The van der Waals surface area contributed by atoms with E-state index in [1.165, 1.54) is 0 Å². The van der Waals surface area contributed by atoms with Crippen molar-refractivity contribution in [3.8, 4) is 0 Å². The lowest BCUT2D eigenvalue weighted by atomic mass is 10.1. The number of nitrogen functional groups attached to an aromatic ring is 1. The number of anilines is 1. The normalized spacial score (nSPS) is 27.2. The fraction of sp³-hybridized carbons (Fsp3) is 0.615. The molecular formula is C13H19N3O2S. The first-order valence-corrected chi connectivity index (χ1v) is 8.25. The number of hydrogen-bond acceptors (Lipinski definition) is 3. The first-order valence-electron chi connectivity index (χ1n) is 6.76.